The van der Waals surface area contributed by atoms with Crippen LogP contribution in [0.3, 0.4) is 0 Å². The predicted molar refractivity (Wildman–Crippen MR) is 357 cm³/mol. The number of hydrogen-bond acceptors (Lipinski definition) is 12. The zero-order valence-corrected chi connectivity index (χ0v) is 54.9. The second-order valence-electron chi connectivity index (χ2n) is 23.8. The largest absolute Gasteiger partial charge is 0.380 e. The van der Waals surface area contributed by atoms with Gasteiger partial charge in [-0.25, -0.2) is 5.48 Å². The summed E-state index contributed by atoms with van der Waals surface area (Å²) >= 11 is 3.21. The Kier molecular flexibility index (Phi) is 28.5. The van der Waals surface area contributed by atoms with Crippen molar-refractivity contribution in [3.8, 4) is 16.5 Å². The summed E-state index contributed by atoms with van der Waals surface area (Å²) < 4.78 is 11.7. The molecule has 2 aliphatic heterocycles. The number of thioether (sulfide) groups is 1. The summed E-state index contributed by atoms with van der Waals surface area (Å²) in [4.78, 5) is 83.1. The maximum Gasteiger partial charge on any atom is 0.261 e. The van der Waals surface area contributed by atoms with Gasteiger partial charge >= 0.3 is 0 Å². The van der Waals surface area contributed by atoms with Gasteiger partial charge in [0.2, 0.25) is 0 Å². The number of thiophene rings is 1. The van der Waals surface area contributed by atoms with Crippen molar-refractivity contribution in [3.05, 3.63) is 109 Å². The first-order chi connectivity index (χ1) is 42.5. The van der Waals surface area contributed by atoms with E-state index in [2.05, 4.69) is 68.1 Å². The van der Waals surface area contributed by atoms with E-state index in [1.54, 1.807) is 43.4 Å². The number of fused-ring (bicyclic) bond motifs is 1. The van der Waals surface area contributed by atoms with E-state index in [0.717, 1.165) is 135 Å². The fourth-order valence-corrected chi connectivity index (χ4v) is 15.0. The van der Waals surface area contributed by atoms with Crippen LogP contribution in [0, 0.1) is 18.3 Å². The maximum absolute atomic E-state index is 15.3. The first-order valence-electron chi connectivity index (χ1n) is 32.9. The van der Waals surface area contributed by atoms with Crippen molar-refractivity contribution < 1.29 is 38.3 Å². The van der Waals surface area contributed by atoms with Crippen LogP contribution in [0.1, 0.15) is 284 Å². The van der Waals surface area contributed by atoms with Gasteiger partial charge in [-0.3, -0.25) is 33.7 Å². The number of nitrogens with one attached hydrogen (secondary N) is 3. The van der Waals surface area contributed by atoms with Gasteiger partial charge in [-0.05, 0) is 103 Å². The molecule has 0 saturated heterocycles. The van der Waals surface area contributed by atoms with Crippen LogP contribution in [-0.2, 0) is 34.1 Å². The molecule has 1 unspecified atom stereocenters. The van der Waals surface area contributed by atoms with Gasteiger partial charge in [0.1, 0.15) is 0 Å². The topological polar surface area (TPSA) is 176 Å². The molecule has 87 heavy (non-hydrogen) atoms. The second-order valence-corrected chi connectivity index (χ2v) is 26.1. The molecule has 1 atom stereocenters. The van der Waals surface area contributed by atoms with Gasteiger partial charge in [0.25, 0.3) is 23.6 Å². The summed E-state index contributed by atoms with van der Waals surface area (Å²) in [5.41, 5.74) is 9.48. The van der Waals surface area contributed by atoms with Crippen molar-refractivity contribution in [3.63, 3.8) is 0 Å². The molecular weight excluding hydrogens is 1130 g/mol. The predicted octanol–water partition coefficient (Wildman–Crippen LogP) is 17.7. The second kappa shape index (κ2) is 36.1. The number of unbranched alkanes of at least 4 members (excludes halogenated alkanes) is 20. The molecule has 15 heteroatoms. The number of hydrogen-bond donors (Lipinski definition) is 3. The van der Waals surface area contributed by atoms with Crippen molar-refractivity contribution in [1.29, 1.82) is 5.26 Å². The summed E-state index contributed by atoms with van der Waals surface area (Å²) in [6.07, 6.45) is 29.5. The summed E-state index contributed by atoms with van der Waals surface area (Å²) in [6.45, 7) is 12.9. The van der Waals surface area contributed by atoms with Crippen LogP contribution in [-0.4, -0.2) is 75.2 Å². The number of carbonyl (C=O) groups excluding carboxylic acids is 5. The maximum atomic E-state index is 15.3. The zero-order valence-electron chi connectivity index (χ0n) is 53.3. The molecule has 4 amide bonds. The molecule has 0 aliphatic carbocycles. The lowest BCUT2D eigenvalue weighted by Gasteiger charge is -2.32. The molecule has 0 fully saturated rings. The normalized spacial score (nSPS) is 13.9. The molecule has 470 valence electrons. The van der Waals surface area contributed by atoms with Crippen molar-refractivity contribution in [2.75, 3.05) is 40.4 Å². The summed E-state index contributed by atoms with van der Waals surface area (Å²) in [5.74, 6) is -1.25. The Hall–Kier alpha value is -5.73. The first-order valence-corrected chi connectivity index (χ1v) is 34.6. The van der Waals surface area contributed by atoms with Gasteiger partial charge in [0, 0.05) is 93.2 Å². The number of benzene rings is 4. The number of hydroxylamine groups is 1. The quantitative estimate of drug-likeness (QED) is 0.0147. The van der Waals surface area contributed by atoms with E-state index in [4.69, 9.17) is 14.3 Å². The van der Waals surface area contributed by atoms with Crippen LogP contribution in [0.2, 0.25) is 0 Å². The third-order valence-electron chi connectivity index (χ3n) is 17.1. The highest BCUT2D eigenvalue weighted by molar-refractivity contribution is 8.09. The zero-order chi connectivity index (χ0) is 62.1. The van der Waals surface area contributed by atoms with E-state index in [0.29, 0.717) is 105 Å². The molecule has 0 spiro atoms. The Labute approximate surface area is 526 Å². The number of imide groups is 1. The molecule has 0 bridgehead atoms. The highest BCUT2D eigenvalue weighted by Gasteiger charge is 2.40. The Morgan fingerprint density at radius 2 is 1.15 bits per heavy atom. The van der Waals surface area contributed by atoms with Gasteiger partial charge < -0.3 is 20.1 Å². The average Bonchev–Trinajstić information content (AvgIpc) is 1.55. The molecule has 3 N–H and O–H groups in total. The number of rotatable bonds is 41. The number of aryl methyl sites for hydroxylation is 1. The Balaban J connectivity index is 1.26. The monoisotopic (exact) mass is 1220 g/mol. The lowest BCUT2D eigenvalue weighted by atomic mass is 9.82. The minimum atomic E-state index is -0.372. The average molecular weight is 1220 g/mol. The number of methoxy groups -OCH3 is 2. The smallest absolute Gasteiger partial charge is 0.261 e. The van der Waals surface area contributed by atoms with Crippen LogP contribution in [0.15, 0.2) is 42.5 Å². The van der Waals surface area contributed by atoms with Gasteiger partial charge in [0.15, 0.2) is 6.29 Å². The number of allylic oxidation sites excluding steroid dienone is 1. The highest BCUT2D eigenvalue weighted by Crippen LogP contribution is 2.54. The highest BCUT2D eigenvalue weighted by atomic mass is 32.2. The number of nitriles is 1. The third-order valence-corrected chi connectivity index (χ3v) is 19.8. The Morgan fingerprint density at radius 3 is 1.74 bits per heavy atom. The molecule has 3 heterocycles. The first kappa shape index (κ1) is 68.8. The van der Waals surface area contributed by atoms with Gasteiger partial charge in [-0.1, -0.05) is 168 Å². The van der Waals surface area contributed by atoms with E-state index in [-0.39, 0.29) is 59.8 Å². The Morgan fingerprint density at radius 1 is 0.621 bits per heavy atom. The molecule has 0 radical (unpaired) electrons. The van der Waals surface area contributed by atoms with Crippen molar-refractivity contribution in [1.82, 2.24) is 21.0 Å². The summed E-state index contributed by atoms with van der Waals surface area (Å²) in [5, 5.41) is 19.0. The third kappa shape index (κ3) is 17.6. The van der Waals surface area contributed by atoms with E-state index in [1.807, 2.05) is 25.1 Å². The lowest BCUT2D eigenvalue weighted by Crippen LogP contribution is -2.42. The van der Waals surface area contributed by atoms with Crippen molar-refractivity contribution in [2.45, 2.75) is 220 Å². The van der Waals surface area contributed by atoms with E-state index < -0.39 is 0 Å². The molecule has 5 aromatic rings. The van der Waals surface area contributed by atoms with Gasteiger partial charge in [-0.15, -0.1) is 23.1 Å². The molecular formula is C72H97N5O8S2. The van der Waals surface area contributed by atoms with Crippen LogP contribution >= 0.6 is 23.1 Å². The summed E-state index contributed by atoms with van der Waals surface area (Å²) in [7, 11) is 3.23. The van der Waals surface area contributed by atoms with E-state index in [9.17, 15) is 24.4 Å². The molecule has 13 nitrogen and oxygen atoms in total. The van der Waals surface area contributed by atoms with Crippen LogP contribution in [0.4, 0.5) is 0 Å². The van der Waals surface area contributed by atoms with Crippen molar-refractivity contribution in [2.24, 2.45) is 0 Å². The molecule has 7 rings (SSSR count). The standard InChI is InChI=1S/C72H97N5O8S2/c1-8-12-16-20-24-28-36-74-69(79)62-49(5)40-56-67-64(62)53(47-84-7)43-55(68(67)72(82)77(71(56)81)39-31-27-23-19-15-11-4)59-33-35-61(87-59)60-34-32-58(86-60)54-42-52(46-83-6)65-63(57(54)45-78)51(48-85-76-38-30-26-22-18-14-10-3)41-50(44-73)66(65)70(80)75-37-29-25-21-17-13-9-2/h32,34-35,40-43,45,59,76H,8-31,33,36-39,46-48H2,1-7H3,(H,74,79)(H,75,80). The van der Waals surface area contributed by atoms with Crippen LogP contribution < -0.4 is 16.1 Å². The molecule has 0 saturated carbocycles. The van der Waals surface area contributed by atoms with Gasteiger partial charge in [0.05, 0.1) is 48.1 Å². The van der Waals surface area contributed by atoms with E-state index in [1.165, 1.54) is 49.8 Å². The minimum Gasteiger partial charge on any atom is -0.380 e. The lowest BCUT2D eigenvalue weighted by molar-refractivity contribution is 0.0278. The fourth-order valence-electron chi connectivity index (χ4n) is 12.6. The fraction of sp³-hybridized carbons (Fsp3) is 0.556. The minimum absolute atomic E-state index is 0.0448. The Bertz CT molecular complexity index is 3230. The molecule has 1 aromatic heterocycles. The number of amides is 4. The number of nitrogens with zero attached hydrogens (tertiary/aromatic N) is 2. The molecule has 2 aliphatic rings. The van der Waals surface area contributed by atoms with Gasteiger partial charge in [-0.2, -0.15) is 5.26 Å². The number of aldehydes is 1. The van der Waals surface area contributed by atoms with Crippen LogP contribution in [0.25, 0.3) is 36.9 Å². The van der Waals surface area contributed by atoms with Crippen molar-refractivity contribution >= 4 is 79.5 Å². The number of carbonyl (C=O) groups is 5. The van der Waals surface area contributed by atoms with Crippen LogP contribution in [0.5, 0.6) is 0 Å². The van der Waals surface area contributed by atoms with E-state index >= 15 is 4.79 Å². The summed E-state index contributed by atoms with van der Waals surface area (Å²) in [6, 6.07) is 13.9. The SMILES string of the molecule is CCCCCCCCNOCc1cc(C#N)c(C(=O)NCCCCCCCC)c2c(COC)cc(-c3ccc(C4=CCC(c5cc(COC)c6c(C(=O)NCCCCCCCC)c(C)cc7c6c5C(=O)N(CCCCCCCC)C7=O)S4)s3)c(C=O)c12. The number of ether oxygens (including phenoxy) is 2. The molecule has 4 aromatic carbocycles.